The van der Waals surface area contributed by atoms with Crippen LogP contribution in [-0.4, -0.2) is 69.8 Å². The summed E-state index contributed by atoms with van der Waals surface area (Å²) in [6.45, 7) is 10.1. The minimum absolute atomic E-state index is 0.0967. The Morgan fingerprint density at radius 1 is 1.02 bits per heavy atom. The van der Waals surface area contributed by atoms with Crippen molar-refractivity contribution in [2.45, 2.75) is 116 Å². The zero-order valence-electron chi connectivity index (χ0n) is 27.9. The van der Waals surface area contributed by atoms with Gasteiger partial charge in [-0.1, -0.05) is 84.9 Å². The Balaban J connectivity index is 1.34. The third-order valence-corrected chi connectivity index (χ3v) is 11.0. The van der Waals surface area contributed by atoms with Gasteiger partial charge in [-0.05, 0) is 65.9 Å². The molecule has 0 radical (unpaired) electrons. The van der Waals surface area contributed by atoms with Gasteiger partial charge in [0.25, 0.3) is 5.91 Å². The first-order chi connectivity index (χ1) is 21.5. The summed E-state index contributed by atoms with van der Waals surface area (Å²) in [5, 5.41) is 19.4. The number of para-hydroxylation sites is 1. The van der Waals surface area contributed by atoms with E-state index in [0.717, 1.165) is 50.5 Å². The molecule has 5 rings (SSSR count). The van der Waals surface area contributed by atoms with E-state index < -0.39 is 52.7 Å². The van der Waals surface area contributed by atoms with E-state index in [4.69, 9.17) is 5.73 Å². The first kappa shape index (κ1) is 33.7. The number of nitrogens with one attached hydrogen (secondary N) is 3. The largest absolute Gasteiger partial charge is 0.508 e. The van der Waals surface area contributed by atoms with Crippen molar-refractivity contribution in [3.05, 3.63) is 29.8 Å². The highest BCUT2D eigenvalue weighted by atomic mass is 16.3. The van der Waals surface area contributed by atoms with Gasteiger partial charge in [-0.15, -0.1) is 0 Å². The Kier molecular flexibility index (Phi) is 9.18. The second kappa shape index (κ2) is 12.5. The second-order valence-electron chi connectivity index (χ2n) is 15.9. The molecule has 1 heterocycles. The molecule has 0 spiro atoms. The molecule has 1 saturated heterocycles. The third-order valence-electron chi connectivity index (χ3n) is 11.0. The number of hydrogen-bond donors (Lipinski definition) is 5. The number of primary amides is 1. The number of hydrogen-bond acceptors (Lipinski definition) is 6. The van der Waals surface area contributed by atoms with Gasteiger partial charge in [0.2, 0.25) is 17.6 Å². The van der Waals surface area contributed by atoms with Crippen molar-refractivity contribution in [3.63, 3.8) is 0 Å². The number of carbonyl (C=O) groups is 5. The number of nitrogens with zero attached hydrogens (tertiary/aromatic N) is 1. The maximum atomic E-state index is 14.4. The van der Waals surface area contributed by atoms with E-state index in [9.17, 15) is 29.1 Å². The summed E-state index contributed by atoms with van der Waals surface area (Å²) in [6, 6.07) is 3.88. The molecule has 4 aliphatic rings. The number of carbonyl (C=O) groups excluding carboxylic acids is 5. The minimum Gasteiger partial charge on any atom is -0.508 e. The molecule has 46 heavy (non-hydrogen) atoms. The molecule has 1 aromatic carbocycles. The van der Waals surface area contributed by atoms with Gasteiger partial charge < -0.3 is 31.7 Å². The number of phenolic OH excluding ortho intramolecular Hbond substituents is 1. The number of phenols is 1. The van der Waals surface area contributed by atoms with E-state index in [0.29, 0.717) is 19.4 Å². The van der Waals surface area contributed by atoms with E-state index in [2.05, 4.69) is 29.8 Å². The van der Waals surface area contributed by atoms with Crippen LogP contribution < -0.4 is 21.7 Å². The van der Waals surface area contributed by atoms with E-state index in [1.807, 2.05) is 32.9 Å². The van der Waals surface area contributed by atoms with Gasteiger partial charge in [0.05, 0.1) is 6.04 Å². The molecule has 4 fully saturated rings. The SMILES string of the molecule is CC(C)(C)[C@H](NC(=O)NC1(Cc2ccccc2O)CCCCC1)C(=O)N1C[C@H]2[C@@H]([C@H]1C(=O)NC(CC1CC1)C(=O)C(N)=O)C2(C)C. The van der Waals surface area contributed by atoms with Gasteiger partial charge >= 0.3 is 6.03 Å². The number of rotatable bonds is 11. The van der Waals surface area contributed by atoms with Gasteiger partial charge in [0.15, 0.2) is 0 Å². The Hall–Kier alpha value is -3.63. The number of Topliss-reactive ketones (excluding diaryl/α,β-unsaturated/α-hetero) is 1. The molecular formula is C35H51N5O6. The molecular weight excluding hydrogens is 586 g/mol. The molecule has 1 aromatic rings. The zero-order chi connectivity index (χ0) is 33.6. The monoisotopic (exact) mass is 637 g/mol. The van der Waals surface area contributed by atoms with Crippen LogP contribution in [0.4, 0.5) is 4.79 Å². The van der Waals surface area contributed by atoms with Crippen molar-refractivity contribution in [3.8, 4) is 5.75 Å². The number of benzene rings is 1. The Labute approximate surface area is 271 Å². The van der Waals surface area contributed by atoms with Crippen LogP contribution in [0.15, 0.2) is 24.3 Å². The van der Waals surface area contributed by atoms with Crippen LogP contribution in [0, 0.1) is 28.6 Å². The summed E-state index contributed by atoms with van der Waals surface area (Å²) in [4.78, 5) is 68.0. The standard InChI is InChI=1S/C35H51N5O6/c1-33(2,3)28(38-32(46)39-35(15-9-6-10-16-35)18-21-11-7-8-12-24(21)41)31(45)40-19-22-25(34(22,4)5)26(40)30(44)37-23(17-20-13-14-20)27(42)29(36)43/h7-8,11-12,20,22-23,25-26,28,41H,6,9-10,13-19H2,1-5H3,(H2,36,43)(H,37,44)(H2,38,39,46)/t22-,23?,25-,26-,28+/m0/s1. The molecule has 0 aromatic heterocycles. The fourth-order valence-corrected chi connectivity index (χ4v) is 7.98. The van der Waals surface area contributed by atoms with Crippen LogP contribution >= 0.6 is 0 Å². The molecule has 1 aliphatic heterocycles. The van der Waals surface area contributed by atoms with Crippen LogP contribution in [0.25, 0.3) is 0 Å². The number of aromatic hydroxyl groups is 1. The number of ketones is 1. The molecule has 5 atom stereocenters. The van der Waals surface area contributed by atoms with E-state index in [1.54, 1.807) is 17.0 Å². The molecule has 5 amide bonds. The summed E-state index contributed by atoms with van der Waals surface area (Å²) < 4.78 is 0. The number of nitrogens with two attached hydrogens (primary N) is 1. The third kappa shape index (κ3) is 7.03. The van der Waals surface area contributed by atoms with Crippen molar-refractivity contribution in [2.24, 2.45) is 34.3 Å². The molecule has 11 nitrogen and oxygen atoms in total. The second-order valence-corrected chi connectivity index (χ2v) is 15.9. The van der Waals surface area contributed by atoms with Crippen molar-refractivity contribution < 1.29 is 29.1 Å². The average molecular weight is 638 g/mol. The normalized spacial score (nSPS) is 25.8. The highest BCUT2D eigenvalue weighted by Crippen LogP contribution is 2.65. The lowest BCUT2D eigenvalue weighted by Crippen LogP contribution is -2.63. The summed E-state index contributed by atoms with van der Waals surface area (Å²) >= 11 is 0. The molecule has 3 saturated carbocycles. The van der Waals surface area contributed by atoms with Gasteiger partial charge in [-0.25, -0.2) is 4.79 Å². The van der Waals surface area contributed by atoms with Gasteiger partial charge in [0, 0.05) is 12.1 Å². The highest BCUT2D eigenvalue weighted by molar-refractivity contribution is 6.37. The number of likely N-dealkylation sites (tertiary alicyclic amines) is 1. The van der Waals surface area contributed by atoms with Crippen molar-refractivity contribution >= 4 is 29.5 Å². The quantitative estimate of drug-likeness (QED) is 0.233. The predicted molar refractivity (Wildman–Crippen MR) is 172 cm³/mol. The van der Waals surface area contributed by atoms with Crippen LogP contribution in [0.1, 0.15) is 91.5 Å². The molecule has 3 aliphatic carbocycles. The van der Waals surface area contributed by atoms with Crippen molar-refractivity contribution in [1.82, 2.24) is 20.9 Å². The molecule has 1 unspecified atom stereocenters. The number of urea groups is 1. The smallest absolute Gasteiger partial charge is 0.315 e. The van der Waals surface area contributed by atoms with Crippen LogP contribution in [-0.2, 0) is 25.6 Å². The first-order valence-electron chi connectivity index (χ1n) is 16.8. The van der Waals surface area contributed by atoms with Crippen molar-refractivity contribution in [2.75, 3.05) is 6.54 Å². The van der Waals surface area contributed by atoms with Crippen LogP contribution in [0.2, 0.25) is 0 Å². The Bertz CT molecular complexity index is 1380. The van der Waals surface area contributed by atoms with Crippen LogP contribution in [0.5, 0.6) is 5.75 Å². The molecule has 252 valence electrons. The minimum atomic E-state index is -1.09. The van der Waals surface area contributed by atoms with Gasteiger partial charge in [-0.3, -0.25) is 19.2 Å². The molecule has 11 heteroatoms. The summed E-state index contributed by atoms with van der Waals surface area (Å²) in [5.41, 5.74) is 4.64. The number of piperidine rings is 1. The summed E-state index contributed by atoms with van der Waals surface area (Å²) in [7, 11) is 0. The summed E-state index contributed by atoms with van der Waals surface area (Å²) in [5.74, 6) is -2.30. The maximum Gasteiger partial charge on any atom is 0.315 e. The Morgan fingerprint density at radius 2 is 1.67 bits per heavy atom. The number of amides is 5. The molecule has 0 bridgehead atoms. The van der Waals surface area contributed by atoms with Crippen molar-refractivity contribution in [1.29, 1.82) is 0 Å². The zero-order valence-corrected chi connectivity index (χ0v) is 27.9. The van der Waals surface area contributed by atoms with Gasteiger partial charge in [-0.2, -0.15) is 0 Å². The topological polar surface area (TPSA) is 171 Å². The average Bonchev–Trinajstić information content (AvgIpc) is 3.83. The van der Waals surface area contributed by atoms with E-state index in [1.165, 1.54) is 0 Å². The summed E-state index contributed by atoms with van der Waals surface area (Å²) in [6.07, 6.45) is 7.14. The molecule has 6 N–H and O–H groups in total. The Morgan fingerprint density at radius 3 is 2.26 bits per heavy atom. The van der Waals surface area contributed by atoms with E-state index >= 15 is 0 Å². The first-order valence-corrected chi connectivity index (χ1v) is 16.8. The fourth-order valence-electron chi connectivity index (χ4n) is 7.98. The lowest BCUT2D eigenvalue weighted by atomic mass is 9.77. The predicted octanol–water partition coefficient (Wildman–Crippen LogP) is 3.17. The van der Waals surface area contributed by atoms with E-state index in [-0.39, 0.29) is 34.8 Å². The number of fused-ring (bicyclic) bond motifs is 1. The highest BCUT2D eigenvalue weighted by Gasteiger charge is 2.70. The maximum absolute atomic E-state index is 14.4. The van der Waals surface area contributed by atoms with Gasteiger partial charge in [0.1, 0.15) is 17.8 Å². The fraction of sp³-hybridized carbons (Fsp3) is 0.686. The lowest BCUT2D eigenvalue weighted by molar-refractivity contribution is -0.145. The lowest BCUT2D eigenvalue weighted by Gasteiger charge is -2.41. The van der Waals surface area contributed by atoms with Crippen LogP contribution in [0.3, 0.4) is 0 Å².